The highest BCUT2D eigenvalue weighted by Crippen LogP contribution is 2.31. The fraction of sp³-hybridized carbons (Fsp3) is 0.417. The minimum Gasteiger partial charge on any atom is -0.367 e. The molecule has 1 fully saturated rings. The SMILES string of the molecule is CC1CC(=O)CCN1c1ccc(I)cc1Cl. The van der Waals surface area contributed by atoms with Gasteiger partial charge in [-0.2, -0.15) is 0 Å². The van der Waals surface area contributed by atoms with E-state index in [1.807, 2.05) is 18.2 Å². The summed E-state index contributed by atoms with van der Waals surface area (Å²) in [6, 6.07) is 6.29. The van der Waals surface area contributed by atoms with Gasteiger partial charge in [-0.05, 0) is 47.7 Å². The quantitative estimate of drug-likeness (QED) is 0.723. The monoisotopic (exact) mass is 349 g/mol. The van der Waals surface area contributed by atoms with E-state index in [9.17, 15) is 4.79 Å². The topological polar surface area (TPSA) is 20.3 Å². The maximum absolute atomic E-state index is 11.3. The molecule has 86 valence electrons. The maximum atomic E-state index is 11.3. The molecular weight excluding hydrogens is 336 g/mol. The molecule has 1 atom stereocenters. The molecule has 0 N–H and O–H groups in total. The predicted octanol–water partition coefficient (Wildman–Crippen LogP) is 3.50. The third-order valence-electron chi connectivity index (χ3n) is 2.91. The second-order valence-electron chi connectivity index (χ2n) is 4.13. The molecule has 0 radical (unpaired) electrons. The van der Waals surface area contributed by atoms with Crippen LogP contribution in [-0.2, 0) is 4.79 Å². The van der Waals surface area contributed by atoms with Gasteiger partial charge in [0.1, 0.15) is 5.78 Å². The van der Waals surface area contributed by atoms with Gasteiger partial charge in [-0.15, -0.1) is 0 Å². The van der Waals surface area contributed by atoms with Crippen LogP contribution in [0.15, 0.2) is 18.2 Å². The van der Waals surface area contributed by atoms with Crippen molar-refractivity contribution in [3.8, 4) is 0 Å². The number of rotatable bonds is 1. The number of hydrogen-bond donors (Lipinski definition) is 0. The Morgan fingerprint density at radius 1 is 1.50 bits per heavy atom. The summed E-state index contributed by atoms with van der Waals surface area (Å²) >= 11 is 8.48. The first-order valence-corrected chi connectivity index (χ1v) is 6.77. The van der Waals surface area contributed by atoms with E-state index in [1.165, 1.54) is 0 Å². The van der Waals surface area contributed by atoms with Crippen LogP contribution in [0.4, 0.5) is 5.69 Å². The number of carbonyl (C=O) groups excluding carboxylic acids is 1. The number of benzene rings is 1. The van der Waals surface area contributed by atoms with Crippen LogP contribution in [0.25, 0.3) is 0 Å². The highest BCUT2D eigenvalue weighted by atomic mass is 127. The van der Waals surface area contributed by atoms with Gasteiger partial charge < -0.3 is 4.90 Å². The Balaban J connectivity index is 2.26. The van der Waals surface area contributed by atoms with Gasteiger partial charge in [0, 0.05) is 29.0 Å². The van der Waals surface area contributed by atoms with Gasteiger partial charge in [0.2, 0.25) is 0 Å². The van der Waals surface area contributed by atoms with E-state index >= 15 is 0 Å². The second kappa shape index (κ2) is 4.92. The largest absolute Gasteiger partial charge is 0.367 e. The lowest BCUT2D eigenvalue weighted by atomic mass is 10.0. The molecule has 1 aliphatic rings. The lowest BCUT2D eigenvalue weighted by molar-refractivity contribution is -0.120. The molecule has 0 aliphatic carbocycles. The normalized spacial score (nSPS) is 21.3. The molecule has 1 aromatic rings. The first-order valence-electron chi connectivity index (χ1n) is 5.31. The van der Waals surface area contributed by atoms with Gasteiger partial charge in [0.05, 0.1) is 10.7 Å². The molecule has 1 heterocycles. The molecule has 1 saturated heterocycles. The number of anilines is 1. The van der Waals surface area contributed by atoms with E-state index in [2.05, 4.69) is 34.4 Å². The number of hydrogen-bond acceptors (Lipinski definition) is 2. The van der Waals surface area contributed by atoms with Crippen LogP contribution < -0.4 is 4.90 Å². The molecule has 1 aliphatic heterocycles. The van der Waals surface area contributed by atoms with Crippen molar-refractivity contribution in [2.75, 3.05) is 11.4 Å². The fourth-order valence-electron chi connectivity index (χ4n) is 2.08. The second-order valence-corrected chi connectivity index (χ2v) is 5.78. The van der Waals surface area contributed by atoms with Gasteiger partial charge in [0.25, 0.3) is 0 Å². The zero-order valence-corrected chi connectivity index (χ0v) is 12.0. The highest BCUT2D eigenvalue weighted by molar-refractivity contribution is 14.1. The zero-order valence-electron chi connectivity index (χ0n) is 9.04. The zero-order chi connectivity index (χ0) is 11.7. The molecule has 0 bridgehead atoms. The van der Waals surface area contributed by atoms with E-state index < -0.39 is 0 Å². The van der Waals surface area contributed by atoms with E-state index in [1.54, 1.807) is 0 Å². The van der Waals surface area contributed by atoms with Gasteiger partial charge >= 0.3 is 0 Å². The lowest BCUT2D eigenvalue weighted by Gasteiger charge is -2.35. The molecule has 2 nitrogen and oxygen atoms in total. The van der Waals surface area contributed by atoms with Crippen LogP contribution in [-0.4, -0.2) is 18.4 Å². The molecule has 0 amide bonds. The van der Waals surface area contributed by atoms with Gasteiger partial charge in [0.15, 0.2) is 0 Å². The Morgan fingerprint density at radius 2 is 2.25 bits per heavy atom. The Morgan fingerprint density at radius 3 is 2.88 bits per heavy atom. The number of nitrogens with zero attached hydrogens (tertiary/aromatic N) is 1. The van der Waals surface area contributed by atoms with Crippen LogP contribution in [0.5, 0.6) is 0 Å². The summed E-state index contributed by atoms with van der Waals surface area (Å²) in [6.45, 7) is 2.85. The van der Waals surface area contributed by atoms with E-state index in [0.717, 1.165) is 20.8 Å². The molecule has 16 heavy (non-hydrogen) atoms. The number of halogens is 2. The summed E-state index contributed by atoms with van der Waals surface area (Å²) in [5.74, 6) is 0.352. The number of Topliss-reactive ketones (excluding diaryl/α,β-unsaturated/α-hetero) is 1. The Kier molecular flexibility index (Phi) is 3.74. The van der Waals surface area contributed by atoms with Crippen LogP contribution in [0.1, 0.15) is 19.8 Å². The molecule has 0 saturated carbocycles. The van der Waals surface area contributed by atoms with Crippen molar-refractivity contribution in [1.29, 1.82) is 0 Å². The van der Waals surface area contributed by atoms with Crippen molar-refractivity contribution < 1.29 is 4.79 Å². The summed E-state index contributed by atoms with van der Waals surface area (Å²) in [5.41, 5.74) is 1.04. The minimum absolute atomic E-state index is 0.249. The summed E-state index contributed by atoms with van der Waals surface area (Å²) < 4.78 is 1.13. The lowest BCUT2D eigenvalue weighted by Crippen LogP contribution is -2.41. The first kappa shape index (κ1) is 12.2. The molecule has 2 rings (SSSR count). The smallest absolute Gasteiger partial charge is 0.136 e. The molecule has 4 heteroatoms. The Labute approximate surface area is 114 Å². The van der Waals surface area contributed by atoms with Crippen molar-refractivity contribution in [3.05, 3.63) is 26.8 Å². The van der Waals surface area contributed by atoms with E-state index in [0.29, 0.717) is 18.6 Å². The van der Waals surface area contributed by atoms with Gasteiger partial charge in [-0.25, -0.2) is 0 Å². The van der Waals surface area contributed by atoms with Crippen molar-refractivity contribution in [3.63, 3.8) is 0 Å². The van der Waals surface area contributed by atoms with Crippen molar-refractivity contribution in [1.82, 2.24) is 0 Å². The average molecular weight is 350 g/mol. The van der Waals surface area contributed by atoms with Crippen LogP contribution in [0.3, 0.4) is 0 Å². The number of piperidine rings is 1. The predicted molar refractivity (Wildman–Crippen MR) is 75.2 cm³/mol. The Hall–Kier alpha value is -0.290. The van der Waals surface area contributed by atoms with Crippen molar-refractivity contribution in [2.45, 2.75) is 25.8 Å². The van der Waals surface area contributed by atoms with Crippen LogP contribution in [0.2, 0.25) is 5.02 Å². The first-order chi connectivity index (χ1) is 7.58. The third-order valence-corrected chi connectivity index (χ3v) is 3.88. The van der Waals surface area contributed by atoms with Crippen molar-refractivity contribution >= 4 is 45.7 Å². The summed E-state index contributed by atoms with van der Waals surface area (Å²) in [7, 11) is 0. The maximum Gasteiger partial charge on any atom is 0.136 e. The third kappa shape index (κ3) is 2.51. The van der Waals surface area contributed by atoms with E-state index in [-0.39, 0.29) is 6.04 Å². The summed E-state index contributed by atoms with van der Waals surface area (Å²) in [5, 5.41) is 0.771. The molecule has 1 unspecified atom stereocenters. The minimum atomic E-state index is 0.249. The Bertz CT molecular complexity index is 421. The van der Waals surface area contributed by atoms with Gasteiger partial charge in [-0.1, -0.05) is 11.6 Å². The average Bonchev–Trinajstić information content (AvgIpc) is 2.19. The number of ketones is 1. The summed E-state index contributed by atoms with van der Waals surface area (Å²) in [6.07, 6.45) is 1.26. The van der Waals surface area contributed by atoms with Crippen LogP contribution >= 0.6 is 34.2 Å². The molecule has 0 spiro atoms. The molecule has 0 aromatic heterocycles. The molecule has 1 aromatic carbocycles. The number of carbonyl (C=O) groups is 1. The fourth-order valence-corrected chi connectivity index (χ4v) is 3.04. The van der Waals surface area contributed by atoms with Crippen LogP contribution in [0, 0.1) is 3.57 Å². The van der Waals surface area contributed by atoms with Crippen molar-refractivity contribution in [2.24, 2.45) is 0 Å². The molecular formula is C12H13ClINO. The summed E-state index contributed by atoms with van der Waals surface area (Å²) in [4.78, 5) is 13.6. The van der Waals surface area contributed by atoms with Gasteiger partial charge in [-0.3, -0.25) is 4.79 Å². The highest BCUT2D eigenvalue weighted by Gasteiger charge is 2.24. The standard InChI is InChI=1S/C12H13ClINO/c1-8-6-10(16)4-5-15(8)12-3-2-9(14)7-11(12)13/h2-3,7-8H,4-6H2,1H3. The van der Waals surface area contributed by atoms with E-state index in [4.69, 9.17) is 11.6 Å².